The standard InChI is InChI=1S/C24H30F2N2O2/c1-23(6-3-9-30-23)17-4-2-5-18(13-17)24(7-8-24)28-15-22(29)21(27)12-16-10-19(25)14-20(26)11-16/h2,4-5,10-11,13-14,21-22,28-29H,3,6-9,12,15,27H2,1H3. The maximum atomic E-state index is 13.4. The molecule has 162 valence electrons. The summed E-state index contributed by atoms with van der Waals surface area (Å²) in [7, 11) is 0. The van der Waals surface area contributed by atoms with Crippen LogP contribution in [0.3, 0.4) is 0 Å². The van der Waals surface area contributed by atoms with Crippen molar-refractivity contribution < 1.29 is 18.6 Å². The molecule has 1 saturated heterocycles. The van der Waals surface area contributed by atoms with Crippen LogP contribution < -0.4 is 11.1 Å². The molecule has 4 N–H and O–H groups in total. The number of rotatable bonds is 8. The number of hydrogen-bond acceptors (Lipinski definition) is 4. The van der Waals surface area contributed by atoms with Crippen LogP contribution in [-0.4, -0.2) is 30.4 Å². The van der Waals surface area contributed by atoms with Crippen molar-refractivity contribution in [2.75, 3.05) is 13.2 Å². The second-order valence-corrected chi connectivity index (χ2v) is 8.94. The molecule has 0 aromatic heterocycles. The lowest BCUT2D eigenvalue weighted by Gasteiger charge is -2.27. The summed E-state index contributed by atoms with van der Waals surface area (Å²) in [5.74, 6) is -1.27. The van der Waals surface area contributed by atoms with E-state index in [-0.39, 0.29) is 17.6 Å². The predicted molar refractivity (Wildman–Crippen MR) is 112 cm³/mol. The topological polar surface area (TPSA) is 67.5 Å². The molecular weight excluding hydrogens is 386 g/mol. The number of aliphatic hydroxyl groups is 1. The van der Waals surface area contributed by atoms with Crippen molar-refractivity contribution in [1.29, 1.82) is 0 Å². The number of nitrogens with one attached hydrogen (secondary N) is 1. The highest BCUT2D eigenvalue weighted by Gasteiger charge is 2.45. The van der Waals surface area contributed by atoms with Crippen LogP contribution in [0.5, 0.6) is 0 Å². The zero-order valence-corrected chi connectivity index (χ0v) is 17.3. The van der Waals surface area contributed by atoms with Crippen molar-refractivity contribution in [2.24, 2.45) is 5.73 Å². The predicted octanol–water partition coefficient (Wildman–Crippen LogP) is 3.50. The van der Waals surface area contributed by atoms with Gasteiger partial charge >= 0.3 is 0 Å². The van der Waals surface area contributed by atoms with E-state index >= 15 is 0 Å². The lowest BCUT2D eigenvalue weighted by molar-refractivity contribution is 0.0167. The largest absolute Gasteiger partial charge is 0.390 e. The Hall–Kier alpha value is -1.86. The van der Waals surface area contributed by atoms with Crippen LogP contribution >= 0.6 is 0 Å². The Morgan fingerprint density at radius 3 is 2.43 bits per heavy atom. The molecular formula is C24H30F2N2O2. The molecule has 1 aliphatic heterocycles. The third kappa shape index (κ3) is 4.57. The van der Waals surface area contributed by atoms with Gasteiger partial charge in [-0.3, -0.25) is 0 Å². The van der Waals surface area contributed by atoms with Gasteiger partial charge in [-0.05, 0) is 67.9 Å². The molecule has 0 amide bonds. The van der Waals surface area contributed by atoms with Gasteiger partial charge in [-0.15, -0.1) is 0 Å². The van der Waals surface area contributed by atoms with Crippen LogP contribution in [0, 0.1) is 11.6 Å². The molecule has 1 aliphatic carbocycles. The number of nitrogens with two attached hydrogens (primary N) is 1. The van der Waals surface area contributed by atoms with Gasteiger partial charge in [-0.2, -0.15) is 0 Å². The third-order valence-electron chi connectivity index (χ3n) is 6.53. The van der Waals surface area contributed by atoms with Gasteiger partial charge in [0, 0.05) is 30.8 Å². The number of ether oxygens (including phenoxy) is 1. The van der Waals surface area contributed by atoms with E-state index in [0.29, 0.717) is 12.1 Å². The summed E-state index contributed by atoms with van der Waals surface area (Å²) in [6.07, 6.45) is 3.45. The van der Waals surface area contributed by atoms with E-state index in [9.17, 15) is 13.9 Å². The summed E-state index contributed by atoms with van der Waals surface area (Å²) in [5.41, 5.74) is 8.56. The fourth-order valence-electron chi connectivity index (χ4n) is 4.43. The van der Waals surface area contributed by atoms with Gasteiger partial charge in [0.05, 0.1) is 11.7 Å². The van der Waals surface area contributed by atoms with Crippen LogP contribution in [0.25, 0.3) is 0 Å². The summed E-state index contributed by atoms with van der Waals surface area (Å²) < 4.78 is 32.8. The molecule has 30 heavy (non-hydrogen) atoms. The fraction of sp³-hybridized carbons (Fsp3) is 0.500. The zero-order valence-electron chi connectivity index (χ0n) is 17.3. The molecule has 2 aliphatic rings. The first-order chi connectivity index (χ1) is 14.3. The molecule has 2 aromatic rings. The SMILES string of the molecule is CC1(c2cccc(C3(NCC(O)C(N)Cc4cc(F)cc(F)c4)CC3)c2)CCCO1. The quantitative estimate of drug-likeness (QED) is 0.616. The third-order valence-corrected chi connectivity index (χ3v) is 6.53. The summed E-state index contributed by atoms with van der Waals surface area (Å²) in [6, 6.07) is 11.2. The van der Waals surface area contributed by atoms with Gasteiger partial charge in [-0.1, -0.05) is 24.3 Å². The first-order valence-corrected chi connectivity index (χ1v) is 10.7. The van der Waals surface area contributed by atoms with E-state index in [2.05, 4.69) is 36.5 Å². The number of aliphatic hydroxyl groups excluding tert-OH is 1. The highest BCUT2D eigenvalue weighted by molar-refractivity contribution is 5.36. The lowest BCUT2D eigenvalue weighted by Crippen LogP contribution is -2.45. The van der Waals surface area contributed by atoms with Crippen molar-refractivity contribution in [1.82, 2.24) is 5.32 Å². The number of halogens is 2. The number of hydrogen-bond donors (Lipinski definition) is 3. The van der Waals surface area contributed by atoms with E-state index in [1.54, 1.807) is 0 Å². The van der Waals surface area contributed by atoms with Crippen molar-refractivity contribution in [3.8, 4) is 0 Å². The van der Waals surface area contributed by atoms with E-state index in [0.717, 1.165) is 38.4 Å². The molecule has 2 fully saturated rings. The van der Waals surface area contributed by atoms with Gasteiger partial charge in [-0.25, -0.2) is 8.78 Å². The Bertz CT molecular complexity index is 874. The maximum absolute atomic E-state index is 13.4. The summed E-state index contributed by atoms with van der Waals surface area (Å²) in [4.78, 5) is 0. The van der Waals surface area contributed by atoms with Crippen molar-refractivity contribution in [3.63, 3.8) is 0 Å². The highest BCUT2D eigenvalue weighted by Crippen LogP contribution is 2.47. The molecule has 0 spiro atoms. The van der Waals surface area contributed by atoms with E-state index in [1.165, 1.54) is 23.3 Å². The first-order valence-electron chi connectivity index (χ1n) is 10.7. The zero-order chi connectivity index (χ0) is 21.4. The summed E-state index contributed by atoms with van der Waals surface area (Å²) in [6.45, 7) is 3.25. The molecule has 2 aromatic carbocycles. The van der Waals surface area contributed by atoms with Gasteiger partial charge < -0.3 is 20.9 Å². The minimum absolute atomic E-state index is 0.156. The lowest BCUT2D eigenvalue weighted by atomic mass is 9.90. The van der Waals surface area contributed by atoms with Crippen molar-refractivity contribution >= 4 is 0 Å². The summed E-state index contributed by atoms with van der Waals surface area (Å²) >= 11 is 0. The molecule has 1 saturated carbocycles. The number of benzene rings is 2. The first kappa shape index (κ1) is 21.4. The molecule has 0 bridgehead atoms. The van der Waals surface area contributed by atoms with Gasteiger partial charge in [0.1, 0.15) is 11.6 Å². The Balaban J connectivity index is 1.38. The molecule has 1 heterocycles. The minimum Gasteiger partial charge on any atom is -0.390 e. The van der Waals surface area contributed by atoms with Crippen LogP contribution in [0.4, 0.5) is 8.78 Å². The van der Waals surface area contributed by atoms with Crippen LogP contribution in [0.2, 0.25) is 0 Å². The second kappa shape index (κ2) is 8.35. The smallest absolute Gasteiger partial charge is 0.126 e. The molecule has 4 rings (SSSR count). The molecule has 6 heteroatoms. The second-order valence-electron chi connectivity index (χ2n) is 8.94. The van der Waals surface area contributed by atoms with E-state index in [1.807, 2.05) is 0 Å². The summed E-state index contributed by atoms with van der Waals surface area (Å²) in [5, 5.41) is 14.0. The van der Waals surface area contributed by atoms with Crippen molar-refractivity contribution in [2.45, 2.75) is 62.3 Å². The highest BCUT2D eigenvalue weighted by atomic mass is 19.1. The Labute approximate surface area is 176 Å². The minimum atomic E-state index is -0.826. The Morgan fingerprint density at radius 2 is 1.80 bits per heavy atom. The van der Waals surface area contributed by atoms with E-state index in [4.69, 9.17) is 10.5 Å². The maximum Gasteiger partial charge on any atom is 0.126 e. The average Bonchev–Trinajstić information content (AvgIpc) is 3.38. The fourth-order valence-corrected chi connectivity index (χ4v) is 4.43. The monoisotopic (exact) mass is 416 g/mol. The normalized spacial score (nSPS) is 24.6. The van der Waals surface area contributed by atoms with Crippen LogP contribution in [0.1, 0.15) is 49.3 Å². The average molecular weight is 417 g/mol. The van der Waals surface area contributed by atoms with Gasteiger partial charge in [0.25, 0.3) is 0 Å². The molecule has 4 nitrogen and oxygen atoms in total. The van der Waals surface area contributed by atoms with Crippen molar-refractivity contribution in [3.05, 3.63) is 70.8 Å². The molecule has 3 atom stereocenters. The van der Waals surface area contributed by atoms with E-state index < -0.39 is 23.8 Å². The van der Waals surface area contributed by atoms with Crippen LogP contribution in [0.15, 0.2) is 42.5 Å². The molecule has 0 radical (unpaired) electrons. The Kier molecular flexibility index (Phi) is 5.95. The van der Waals surface area contributed by atoms with Gasteiger partial charge in [0.2, 0.25) is 0 Å². The molecule has 3 unspecified atom stereocenters. The Morgan fingerprint density at radius 1 is 1.10 bits per heavy atom. The van der Waals surface area contributed by atoms with Gasteiger partial charge in [0.15, 0.2) is 0 Å². The van der Waals surface area contributed by atoms with Crippen LogP contribution in [-0.2, 0) is 22.3 Å².